The maximum atomic E-state index is 12.1. The van der Waals surface area contributed by atoms with Crippen molar-refractivity contribution in [3.63, 3.8) is 0 Å². The first-order valence-electron chi connectivity index (χ1n) is 6.51. The highest BCUT2D eigenvalue weighted by atomic mass is 16.2. The molecular formula is C14H21N3O. The van der Waals surface area contributed by atoms with E-state index in [1.807, 2.05) is 38.1 Å². The molecule has 1 aliphatic rings. The minimum atomic E-state index is -0.338. The molecule has 0 aromatic heterocycles. The molecule has 18 heavy (non-hydrogen) atoms. The predicted molar refractivity (Wildman–Crippen MR) is 73.3 cm³/mol. The Kier molecular flexibility index (Phi) is 3.57. The number of para-hydroxylation sites is 1. The number of nitrogens with one attached hydrogen (secondary N) is 2. The van der Waals surface area contributed by atoms with Crippen molar-refractivity contribution >= 4 is 11.7 Å². The van der Waals surface area contributed by atoms with Gasteiger partial charge in [-0.15, -0.1) is 0 Å². The summed E-state index contributed by atoms with van der Waals surface area (Å²) >= 11 is 0. The molecule has 2 N–H and O–H groups in total. The van der Waals surface area contributed by atoms with Crippen LogP contribution in [0.25, 0.3) is 0 Å². The molecule has 1 aromatic rings. The fourth-order valence-corrected chi connectivity index (χ4v) is 2.25. The third kappa shape index (κ3) is 2.48. The molecular weight excluding hydrogens is 226 g/mol. The number of hydrazine groups is 1. The summed E-state index contributed by atoms with van der Waals surface area (Å²) < 4.78 is 0. The van der Waals surface area contributed by atoms with E-state index in [1.165, 1.54) is 0 Å². The molecule has 1 atom stereocenters. The lowest BCUT2D eigenvalue weighted by Crippen LogP contribution is -2.48. The number of nitrogens with zero attached hydrogens (tertiary/aromatic N) is 1. The Hall–Kier alpha value is -1.55. The Labute approximate surface area is 108 Å². The normalized spacial score (nSPS) is 23.3. The first-order chi connectivity index (χ1) is 8.56. The van der Waals surface area contributed by atoms with E-state index in [4.69, 9.17) is 0 Å². The minimum absolute atomic E-state index is 0.0806. The highest BCUT2D eigenvalue weighted by Gasteiger charge is 2.38. The summed E-state index contributed by atoms with van der Waals surface area (Å²) in [6.07, 6.45) is 3.14. The van der Waals surface area contributed by atoms with Crippen molar-refractivity contribution in [2.24, 2.45) is 0 Å². The molecule has 98 valence electrons. The van der Waals surface area contributed by atoms with Gasteiger partial charge >= 0.3 is 6.03 Å². The molecule has 0 radical (unpaired) electrons. The molecule has 1 aromatic carbocycles. The van der Waals surface area contributed by atoms with Crippen LogP contribution in [-0.4, -0.2) is 11.7 Å². The molecule has 2 amide bonds. The number of hydrogen-bond donors (Lipinski definition) is 2. The van der Waals surface area contributed by atoms with Crippen LogP contribution in [0.5, 0.6) is 0 Å². The van der Waals surface area contributed by atoms with Crippen LogP contribution in [0.15, 0.2) is 24.3 Å². The largest absolute Gasteiger partial charge is 0.338 e. The number of rotatable bonds is 4. The summed E-state index contributed by atoms with van der Waals surface area (Å²) in [6.45, 7) is 6.18. The number of benzene rings is 1. The number of aryl methyl sites for hydroxylation is 1. The SMILES string of the molecule is CCCCC1(C)NC(=O)N(c2ccccc2C)N1. The zero-order valence-corrected chi connectivity index (χ0v) is 11.3. The fourth-order valence-electron chi connectivity index (χ4n) is 2.25. The van der Waals surface area contributed by atoms with Gasteiger partial charge in [0.1, 0.15) is 5.66 Å². The van der Waals surface area contributed by atoms with Gasteiger partial charge in [-0.25, -0.2) is 15.2 Å². The summed E-state index contributed by atoms with van der Waals surface area (Å²) in [4.78, 5) is 12.1. The quantitative estimate of drug-likeness (QED) is 0.859. The van der Waals surface area contributed by atoms with Crippen molar-refractivity contribution in [3.8, 4) is 0 Å². The lowest BCUT2D eigenvalue weighted by atomic mass is 10.1. The molecule has 4 heteroatoms. The number of carbonyl (C=O) groups excluding carboxylic acids is 1. The van der Waals surface area contributed by atoms with Gasteiger partial charge in [-0.3, -0.25) is 0 Å². The first-order valence-corrected chi connectivity index (χ1v) is 6.51. The molecule has 0 aliphatic carbocycles. The van der Waals surface area contributed by atoms with E-state index < -0.39 is 0 Å². The fraction of sp³-hybridized carbons (Fsp3) is 0.500. The lowest BCUT2D eigenvalue weighted by Gasteiger charge is -2.25. The number of hydrogen-bond acceptors (Lipinski definition) is 2. The van der Waals surface area contributed by atoms with Gasteiger partial charge in [0.05, 0.1) is 5.69 Å². The molecule has 1 heterocycles. The van der Waals surface area contributed by atoms with Crippen molar-refractivity contribution in [2.75, 3.05) is 5.01 Å². The summed E-state index contributed by atoms with van der Waals surface area (Å²) in [6, 6.07) is 7.80. The molecule has 1 aliphatic heterocycles. The second-order valence-corrected chi connectivity index (χ2v) is 5.10. The van der Waals surface area contributed by atoms with Gasteiger partial charge in [0, 0.05) is 0 Å². The van der Waals surface area contributed by atoms with E-state index in [0.29, 0.717) is 0 Å². The van der Waals surface area contributed by atoms with E-state index in [2.05, 4.69) is 17.7 Å². The average molecular weight is 247 g/mol. The third-order valence-corrected chi connectivity index (χ3v) is 3.33. The van der Waals surface area contributed by atoms with Crippen LogP contribution in [0.4, 0.5) is 10.5 Å². The van der Waals surface area contributed by atoms with Crippen LogP contribution in [0.3, 0.4) is 0 Å². The second kappa shape index (κ2) is 4.98. The standard InChI is InChI=1S/C14H21N3O/c1-4-5-10-14(3)15-13(18)17(16-14)12-9-7-6-8-11(12)2/h6-9,16H,4-5,10H2,1-3H3,(H,15,18). The van der Waals surface area contributed by atoms with Gasteiger partial charge in [-0.05, 0) is 38.3 Å². The Morgan fingerprint density at radius 3 is 2.72 bits per heavy atom. The smallest absolute Gasteiger partial charge is 0.317 e. The second-order valence-electron chi connectivity index (χ2n) is 5.10. The summed E-state index contributed by atoms with van der Waals surface area (Å²) in [5.41, 5.74) is 4.94. The Bertz CT molecular complexity index is 446. The first kappa shape index (κ1) is 12.9. The topological polar surface area (TPSA) is 44.4 Å². The molecule has 0 saturated carbocycles. The van der Waals surface area contributed by atoms with Gasteiger partial charge < -0.3 is 5.32 Å². The van der Waals surface area contributed by atoms with Gasteiger partial charge in [-0.1, -0.05) is 31.5 Å². The van der Waals surface area contributed by atoms with Crippen LogP contribution in [-0.2, 0) is 0 Å². The van der Waals surface area contributed by atoms with Crippen molar-refractivity contribution < 1.29 is 4.79 Å². The van der Waals surface area contributed by atoms with Crippen LogP contribution in [0, 0.1) is 6.92 Å². The zero-order chi connectivity index (χ0) is 13.2. The maximum absolute atomic E-state index is 12.1. The maximum Gasteiger partial charge on any atom is 0.338 e. The number of carbonyl (C=O) groups is 1. The molecule has 1 fully saturated rings. The van der Waals surface area contributed by atoms with E-state index in [-0.39, 0.29) is 11.7 Å². The highest BCUT2D eigenvalue weighted by molar-refractivity contribution is 5.94. The summed E-state index contributed by atoms with van der Waals surface area (Å²) in [5, 5.41) is 4.63. The zero-order valence-electron chi connectivity index (χ0n) is 11.3. The van der Waals surface area contributed by atoms with Gasteiger partial charge in [0.25, 0.3) is 0 Å². The molecule has 2 rings (SSSR count). The molecule has 1 saturated heterocycles. The summed E-state index contributed by atoms with van der Waals surface area (Å²) in [5.74, 6) is 0. The molecule has 0 bridgehead atoms. The number of anilines is 1. The van der Waals surface area contributed by atoms with Crippen molar-refractivity contribution in [2.45, 2.75) is 45.7 Å². The van der Waals surface area contributed by atoms with Gasteiger partial charge in [-0.2, -0.15) is 0 Å². The predicted octanol–water partition coefficient (Wildman–Crippen LogP) is 2.94. The number of urea groups is 1. The molecule has 0 spiro atoms. The van der Waals surface area contributed by atoms with Crippen LogP contribution >= 0.6 is 0 Å². The van der Waals surface area contributed by atoms with Crippen molar-refractivity contribution in [3.05, 3.63) is 29.8 Å². The Morgan fingerprint density at radius 1 is 1.33 bits per heavy atom. The monoisotopic (exact) mass is 247 g/mol. The highest BCUT2D eigenvalue weighted by Crippen LogP contribution is 2.24. The average Bonchev–Trinajstić information content (AvgIpc) is 2.64. The Balaban J connectivity index is 2.17. The van der Waals surface area contributed by atoms with Crippen LogP contribution < -0.4 is 15.8 Å². The van der Waals surface area contributed by atoms with E-state index >= 15 is 0 Å². The van der Waals surface area contributed by atoms with Crippen molar-refractivity contribution in [1.29, 1.82) is 0 Å². The van der Waals surface area contributed by atoms with Gasteiger partial charge in [0.2, 0.25) is 0 Å². The van der Waals surface area contributed by atoms with Crippen LogP contribution in [0.1, 0.15) is 38.7 Å². The minimum Gasteiger partial charge on any atom is -0.317 e. The lowest BCUT2D eigenvalue weighted by molar-refractivity contribution is 0.246. The van der Waals surface area contributed by atoms with Gasteiger partial charge in [0.15, 0.2) is 0 Å². The van der Waals surface area contributed by atoms with Crippen LogP contribution in [0.2, 0.25) is 0 Å². The molecule has 4 nitrogen and oxygen atoms in total. The van der Waals surface area contributed by atoms with E-state index in [9.17, 15) is 4.79 Å². The Morgan fingerprint density at radius 2 is 2.06 bits per heavy atom. The number of amides is 2. The summed E-state index contributed by atoms with van der Waals surface area (Å²) in [7, 11) is 0. The molecule has 1 unspecified atom stereocenters. The third-order valence-electron chi connectivity index (χ3n) is 3.33. The number of unbranched alkanes of at least 4 members (excludes halogenated alkanes) is 1. The van der Waals surface area contributed by atoms with E-state index in [1.54, 1.807) is 5.01 Å². The van der Waals surface area contributed by atoms with Crippen molar-refractivity contribution in [1.82, 2.24) is 10.7 Å². The van der Waals surface area contributed by atoms with E-state index in [0.717, 1.165) is 30.5 Å².